The Hall–Kier alpha value is -2.87. The molecule has 2 heterocycles. The summed E-state index contributed by atoms with van der Waals surface area (Å²) in [5, 5.41) is 12.3. The van der Waals surface area contributed by atoms with Gasteiger partial charge in [0.2, 0.25) is 5.91 Å². The van der Waals surface area contributed by atoms with Crippen molar-refractivity contribution in [1.29, 1.82) is 5.26 Å². The van der Waals surface area contributed by atoms with Crippen LogP contribution in [0.15, 0.2) is 30.5 Å². The van der Waals surface area contributed by atoms with Gasteiger partial charge in [-0.25, -0.2) is 4.98 Å². The first-order chi connectivity index (χ1) is 12.5. The van der Waals surface area contributed by atoms with Gasteiger partial charge < -0.3 is 10.2 Å². The van der Waals surface area contributed by atoms with Crippen molar-refractivity contribution in [3.8, 4) is 17.2 Å². The summed E-state index contributed by atoms with van der Waals surface area (Å²) >= 11 is 0. The fourth-order valence-electron chi connectivity index (χ4n) is 3.48. The largest absolute Gasteiger partial charge is 0.371 e. The summed E-state index contributed by atoms with van der Waals surface area (Å²) in [4.78, 5) is 17.8. The molecule has 2 aromatic rings. The molecule has 5 nitrogen and oxygen atoms in total. The number of carbonyl (C=O) groups excluding carboxylic acids is 1. The van der Waals surface area contributed by atoms with E-state index < -0.39 is 0 Å². The van der Waals surface area contributed by atoms with E-state index in [-0.39, 0.29) is 5.91 Å². The van der Waals surface area contributed by atoms with Crippen molar-refractivity contribution in [1.82, 2.24) is 4.98 Å². The Kier molecular flexibility index (Phi) is 5.22. The van der Waals surface area contributed by atoms with E-state index in [1.807, 2.05) is 12.1 Å². The predicted octanol–water partition coefficient (Wildman–Crippen LogP) is 3.99. The molecule has 1 aliphatic heterocycles. The van der Waals surface area contributed by atoms with E-state index in [0.29, 0.717) is 17.3 Å². The highest BCUT2D eigenvalue weighted by molar-refractivity contribution is 5.87. The number of amides is 1. The summed E-state index contributed by atoms with van der Waals surface area (Å²) in [6.45, 7) is 7.94. The lowest BCUT2D eigenvalue weighted by molar-refractivity contribution is -0.114. The van der Waals surface area contributed by atoms with Gasteiger partial charge in [0.15, 0.2) is 0 Å². The molecule has 0 atom stereocenters. The third-order valence-electron chi connectivity index (χ3n) is 4.52. The second-order valence-corrected chi connectivity index (χ2v) is 7.20. The van der Waals surface area contributed by atoms with Crippen LogP contribution >= 0.6 is 0 Å². The number of anilines is 2. The van der Waals surface area contributed by atoms with Crippen LogP contribution < -0.4 is 10.2 Å². The number of carbonyl (C=O) groups is 1. The van der Waals surface area contributed by atoms with Crippen molar-refractivity contribution >= 4 is 17.4 Å². The average Bonchev–Trinajstić information content (AvgIpc) is 2.60. The van der Waals surface area contributed by atoms with E-state index in [1.165, 1.54) is 18.2 Å². The molecule has 1 N–H and O–H groups in total. The molecule has 1 amide bonds. The van der Waals surface area contributed by atoms with Gasteiger partial charge in [0, 0.05) is 43.0 Å². The summed E-state index contributed by atoms with van der Waals surface area (Å²) in [7, 11) is 0. The van der Waals surface area contributed by atoms with Crippen molar-refractivity contribution in [2.24, 2.45) is 5.92 Å². The predicted molar refractivity (Wildman–Crippen MR) is 104 cm³/mol. The molecule has 0 unspecified atom stereocenters. The van der Waals surface area contributed by atoms with Crippen molar-refractivity contribution < 1.29 is 4.79 Å². The van der Waals surface area contributed by atoms with Gasteiger partial charge in [0.1, 0.15) is 5.82 Å². The second-order valence-electron chi connectivity index (χ2n) is 7.20. The minimum Gasteiger partial charge on any atom is -0.371 e. The average molecular weight is 348 g/mol. The molecule has 5 heteroatoms. The molecule has 0 aliphatic carbocycles. The monoisotopic (exact) mass is 348 g/mol. The topological polar surface area (TPSA) is 69.0 Å². The molecular formula is C21H24N4O. The number of hydrogen-bond acceptors (Lipinski definition) is 4. The molecule has 0 fully saturated rings. The maximum absolute atomic E-state index is 11.1. The minimum atomic E-state index is -0.151. The van der Waals surface area contributed by atoms with Crippen LogP contribution in [-0.2, 0) is 11.2 Å². The van der Waals surface area contributed by atoms with Crippen LogP contribution in [0.5, 0.6) is 0 Å². The molecule has 1 aliphatic rings. The molecule has 0 radical (unpaired) electrons. The van der Waals surface area contributed by atoms with Crippen molar-refractivity contribution in [2.75, 3.05) is 23.3 Å². The van der Waals surface area contributed by atoms with E-state index in [9.17, 15) is 10.1 Å². The highest BCUT2D eigenvalue weighted by Gasteiger charge is 2.20. The number of aryl methyl sites for hydroxylation is 1. The number of aromatic nitrogens is 1. The lowest BCUT2D eigenvalue weighted by atomic mass is 9.92. The standard InChI is InChI=1S/C21H24N4O/c1-14(2)13-25-8-4-5-16-9-19(18(11-22)10-20(16)25)17-6-7-21(23-12-17)24-15(3)26/h6-7,9-10,12,14H,4-5,8,13H2,1-3H3,(H,23,24,26). The summed E-state index contributed by atoms with van der Waals surface area (Å²) in [6.07, 6.45) is 3.87. The Morgan fingerprint density at radius 2 is 2.19 bits per heavy atom. The molecule has 1 aromatic heterocycles. The second kappa shape index (κ2) is 7.57. The van der Waals surface area contributed by atoms with E-state index >= 15 is 0 Å². The van der Waals surface area contributed by atoms with Crippen LogP contribution in [0.25, 0.3) is 11.1 Å². The number of fused-ring (bicyclic) bond motifs is 1. The maximum Gasteiger partial charge on any atom is 0.222 e. The quantitative estimate of drug-likeness (QED) is 0.907. The zero-order chi connectivity index (χ0) is 18.7. The normalized spacial score (nSPS) is 13.3. The van der Waals surface area contributed by atoms with Gasteiger partial charge in [0.05, 0.1) is 11.6 Å². The first-order valence-electron chi connectivity index (χ1n) is 9.04. The fraction of sp³-hybridized carbons (Fsp3) is 0.381. The Labute approximate surface area is 154 Å². The molecule has 0 saturated heterocycles. The fourth-order valence-corrected chi connectivity index (χ4v) is 3.48. The maximum atomic E-state index is 11.1. The Morgan fingerprint density at radius 3 is 2.81 bits per heavy atom. The first-order valence-corrected chi connectivity index (χ1v) is 9.04. The zero-order valence-electron chi connectivity index (χ0n) is 15.5. The summed E-state index contributed by atoms with van der Waals surface area (Å²) in [5.74, 6) is 0.944. The summed E-state index contributed by atoms with van der Waals surface area (Å²) in [5.41, 5.74) is 4.93. The Bertz CT molecular complexity index is 850. The number of benzene rings is 1. The number of nitrogens with zero attached hydrogens (tertiary/aromatic N) is 3. The van der Waals surface area contributed by atoms with Crippen molar-refractivity contribution in [2.45, 2.75) is 33.6 Å². The van der Waals surface area contributed by atoms with Gasteiger partial charge in [0.25, 0.3) is 0 Å². The molecule has 134 valence electrons. The van der Waals surface area contributed by atoms with Crippen LogP contribution in [0.4, 0.5) is 11.5 Å². The third kappa shape index (κ3) is 3.85. The van der Waals surface area contributed by atoms with Gasteiger partial charge in [-0.1, -0.05) is 13.8 Å². The smallest absolute Gasteiger partial charge is 0.222 e. The number of rotatable bonds is 4. The molecule has 0 saturated carbocycles. The highest BCUT2D eigenvalue weighted by Crippen LogP contribution is 2.35. The van der Waals surface area contributed by atoms with Gasteiger partial charge in [-0.3, -0.25) is 4.79 Å². The number of nitrogens with one attached hydrogen (secondary N) is 1. The number of nitriles is 1. The van der Waals surface area contributed by atoms with Crippen LogP contribution in [0.2, 0.25) is 0 Å². The van der Waals surface area contributed by atoms with E-state index in [2.05, 4.69) is 41.2 Å². The van der Waals surface area contributed by atoms with Crippen LogP contribution in [-0.4, -0.2) is 24.0 Å². The van der Waals surface area contributed by atoms with Gasteiger partial charge in [-0.05, 0) is 48.6 Å². The summed E-state index contributed by atoms with van der Waals surface area (Å²) in [6, 6.07) is 10.2. The molecule has 26 heavy (non-hydrogen) atoms. The van der Waals surface area contributed by atoms with Crippen molar-refractivity contribution in [3.05, 3.63) is 41.6 Å². The molecule has 0 bridgehead atoms. The van der Waals surface area contributed by atoms with E-state index in [1.54, 1.807) is 12.3 Å². The van der Waals surface area contributed by atoms with Crippen LogP contribution in [0.1, 0.15) is 38.3 Å². The zero-order valence-corrected chi connectivity index (χ0v) is 15.5. The number of hydrogen-bond donors (Lipinski definition) is 1. The lowest BCUT2D eigenvalue weighted by Crippen LogP contribution is -2.32. The van der Waals surface area contributed by atoms with Crippen LogP contribution in [0.3, 0.4) is 0 Å². The van der Waals surface area contributed by atoms with E-state index in [4.69, 9.17) is 0 Å². The molecular weight excluding hydrogens is 324 g/mol. The lowest BCUT2D eigenvalue weighted by Gasteiger charge is -2.33. The van der Waals surface area contributed by atoms with Crippen molar-refractivity contribution in [3.63, 3.8) is 0 Å². The minimum absolute atomic E-state index is 0.151. The molecule has 0 spiro atoms. The first kappa shape index (κ1) is 17.9. The van der Waals surface area contributed by atoms with Gasteiger partial charge in [-0.15, -0.1) is 0 Å². The third-order valence-corrected chi connectivity index (χ3v) is 4.52. The summed E-state index contributed by atoms with van der Waals surface area (Å²) < 4.78 is 0. The highest BCUT2D eigenvalue weighted by atomic mass is 16.1. The molecule has 1 aromatic carbocycles. The van der Waals surface area contributed by atoms with Crippen LogP contribution in [0, 0.1) is 17.2 Å². The van der Waals surface area contributed by atoms with Gasteiger partial charge in [-0.2, -0.15) is 5.26 Å². The Morgan fingerprint density at radius 1 is 1.38 bits per heavy atom. The van der Waals surface area contributed by atoms with Gasteiger partial charge >= 0.3 is 0 Å². The SMILES string of the molecule is CC(=O)Nc1ccc(-c2cc3c(cc2C#N)N(CC(C)C)CCC3)cn1. The Balaban J connectivity index is 1.98. The molecule has 3 rings (SSSR count). The number of pyridine rings is 1. The van der Waals surface area contributed by atoms with E-state index in [0.717, 1.165) is 37.1 Å².